The molecule has 0 radical (unpaired) electrons. The number of rotatable bonds is 6. The van der Waals surface area contributed by atoms with Crippen molar-refractivity contribution in [1.29, 1.82) is 0 Å². The number of hydrogen-bond acceptors (Lipinski definition) is 1. The molecule has 2 aromatic heterocycles. The Hall–Kier alpha value is -2.97. The second-order valence-electron chi connectivity index (χ2n) is 8.18. The van der Waals surface area contributed by atoms with E-state index in [1.807, 2.05) is 24.3 Å². The van der Waals surface area contributed by atoms with Gasteiger partial charge in [0.1, 0.15) is 12.2 Å². The van der Waals surface area contributed by atoms with Gasteiger partial charge in [0, 0.05) is 18.0 Å². The van der Waals surface area contributed by atoms with Crippen LogP contribution in [0.25, 0.3) is 11.7 Å². The summed E-state index contributed by atoms with van der Waals surface area (Å²) in [6.45, 7) is 2.95. The molecule has 5 rings (SSSR count). The number of fused-ring (bicyclic) bond motifs is 1. The molecule has 0 saturated carbocycles. The van der Waals surface area contributed by atoms with Crippen molar-refractivity contribution in [2.45, 2.75) is 13.5 Å². The summed E-state index contributed by atoms with van der Waals surface area (Å²) in [5, 5.41) is 3.15. The molecule has 5 heteroatoms. The fourth-order valence-corrected chi connectivity index (χ4v) is 8.98. The van der Waals surface area contributed by atoms with Crippen molar-refractivity contribution < 1.29 is 4.40 Å². The van der Waals surface area contributed by atoms with E-state index in [4.69, 9.17) is 23.4 Å². The van der Waals surface area contributed by atoms with Crippen LogP contribution in [0, 0.1) is 6.92 Å². The van der Waals surface area contributed by atoms with Gasteiger partial charge in [-0.3, -0.25) is 0 Å². The Bertz CT molecular complexity index is 1460. The third-order valence-corrected chi connectivity index (χ3v) is 11.3. The Labute approximate surface area is 210 Å². The van der Waals surface area contributed by atoms with Crippen molar-refractivity contribution >= 4 is 57.2 Å². The normalized spacial score (nSPS) is 11.9. The summed E-state index contributed by atoms with van der Waals surface area (Å²) in [7, 11) is 0. The molecule has 168 valence electrons. The molecule has 0 atom stereocenters. The molecular formula is C29H25ClN2PS+. The predicted octanol–water partition coefficient (Wildman–Crippen LogP) is 5.66. The molecule has 5 aromatic rings. The third-order valence-electron chi connectivity index (χ3n) is 6.08. The summed E-state index contributed by atoms with van der Waals surface area (Å²) in [6.07, 6.45) is 6.48. The summed E-state index contributed by atoms with van der Waals surface area (Å²) in [6, 6.07) is 33.1. The lowest BCUT2D eigenvalue weighted by Gasteiger charge is -2.21. The van der Waals surface area contributed by atoms with Gasteiger partial charge in [-0.2, -0.15) is 4.40 Å². The number of hydrogen-bond donors (Lipinski definition) is 0. The maximum Gasteiger partial charge on any atom is 0.287 e. The van der Waals surface area contributed by atoms with E-state index in [2.05, 4.69) is 113 Å². The summed E-state index contributed by atoms with van der Waals surface area (Å²) < 4.78 is 4.65. The van der Waals surface area contributed by atoms with Crippen LogP contribution < -0.4 is 20.4 Å². The Morgan fingerprint density at radius 1 is 0.824 bits per heavy atom. The second-order valence-corrected chi connectivity index (χ2v) is 12.9. The molecule has 0 amide bonds. The molecule has 2 nitrogen and oxygen atoms in total. The smallest absolute Gasteiger partial charge is 0.223 e. The predicted molar refractivity (Wildman–Crippen MR) is 149 cm³/mol. The van der Waals surface area contributed by atoms with E-state index in [0.717, 1.165) is 22.8 Å². The molecule has 0 saturated heterocycles. The van der Waals surface area contributed by atoms with Gasteiger partial charge < -0.3 is 0 Å². The highest BCUT2D eigenvalue weighted by atomic mass is 35.5. The van der Waals surface area contributed by atoms with Gasteiger partial charge in [0.15, 0.2) is 5.44 Å². The maximum absolute atomic E-state index is 6.68. The van der Waals surface area contributed by atoms with Gasteiger partial charge in [0.2, 0.25) is 0 Å². The average Bonchev–Trinajstić information content (AvgIpc) is 3.17. The van der Waals surface area contributed by atoms with E-state index < -0.39 is 6.04 Å². The first-order chi connectivity index (χ1) is 16.6. The summed E-state index contributed by atoms with van der Waals surface area (Å²) in [5.74, 6) is 0. The van der Waals surface area contributed by atoms with Crippen LogP contribution in [0.3, 0.4) is 0 Å². The van der Waals surface area contributed by atoms with Crippen molar-refractivity contribution in [3.05, 3.63) is 132 Å². The molecule has 0 unspecified atom stereocenters. The van der Waals surface area contributed by atoms with Gasteiger partial charge in [-0.25, -0.2) is 4.57 Å². The lowest BCUT2D eigenvalue weighted by atomic mass is 10.2. The van der Waals surface area contributed by atoms with Crippen molar-refractivity contribution in [3.8, 4) is 0 Å². The number of benzene rings is 3. The minimum atomic E-state index is -2.30. The van der Waals surface area contributed by atoms with Crippen LogP contribution in [0.5, 0.6) is 0 Å². The topological polar surface area (TPSA) is 9.03 Å². The number of halogens is 1. The standard InChI is InChI=1S/C29H25ClN2PS/c1-23-29(33(34,26-12-4-2-5-13-26)27-14-6-3-7-15-27)32-21-9-8-16-28(32)31(23)22-10-11-24-17-19-25(30)20-18-24/h2-21H,22H2,1H3/q+1/b11-10+. The van der Waals surface area contributed by atoms with Crippen LogP contribution in [0.4, 0.5) is 0 Å². The minimum Gasteiger partial charge on any atom is -0.223 e. The summed E-state index contributed by atoms with van der Waals surface area (Å²) in [4.78, 5) is 0. The Morgan fingerprint density at radius 3 is 2.03 bits per heavy atom. The molecular weight excluding hydrogens is 475 g/mol. The fourth-order valence-electron chi connectivity index (χ4n) is 4.45. The second kappa shape index (κ2) is 9.72. The van der Waals surface area contributed by atoms with Crippen LogP contribution in [0.1, 0.15) is 11.3 Å². The van der Waals surface area contributed by atoms with Crippen molar-refractivity contribution in [2.75, 3.05) is 0 Å². The van der Waals surface area contributed by atoms with Gasteiger partial charge in [0.05, 0.1) is 12.2 Å². The molecule has 0 aliphatic rings. The average molecular weight is 500 g/mol. The molecule has 0 N–H and O–H groups in total. The zero-order valence-electron chi connectivity index (χ0n) is 18.9. The molecule has 0 aliphatic carbocycles. The van der Waals surface area contributed by atoms with Crippen LogP contribution in [0.15, 0.2) is 115 Å². The maximum atomic E-state index is 6.68. The first-order valence-electron chi connectivity index (χ1n) is 11.2. The van der Waals surface area contributed by atoms with E-state index in [-0.39, 0.29) is 0 Å². The van der Waals surface area contributed by atoms with E-state index in [0.29, 0.717) is 0 Å². The molecule has 3 aromatic carbocycles. The lowest BCUT2D eigenvalue weighted by molar-refractivity contribution is -0.490. The van der Waals surface area contributed by atoms with Gasteiger partial charge in [0.25, 0.3) is 5.65 Å². The van der Waals surface area contributed by atoms with E-state index in [1.54, 1.807) is 0 Å². The largest absolute Gasteiger partial charge is 0.287 e. The number of nitrogens with zero attached hydrogens (tertiary/aromatic N) is 2. The van der Waals surface area contributed by atoms with Gasteiger partial charge >= 0.3 is 0 Å². The molecule has 2 heterocycles. The van der Waals surface area contributed by atoms with E-state index >= 15 is 0 Å². The first-order valence-corrected chi connectivity index (χ1v) is 14.4. The van der Waals surface area contributed by atoms with Gasteiger partial charge in [-0.1, -0.05) is 108 Å². The number of imidazole rings is 1. The molecule has 0 bridgehead atoms. The Balaban J connectivity index is 1.68. The number of aromatic nitrogens is 2. The zero-order valence-corrected chi connectivity index (χ0v) is 21.3. The highest BCUT2D eigenvalue weighted by molar-refractivity contribution is 8.25. The number of pyridine rings is 1. The van der Waals surface area contributed by atoms with Crippen LogP contribution in [-0.4, -0.2) is 4.57 Å². The lowest BCUT2D eigenvalue weighted by Crippen LogP contribution is -2.42. The Morgan fingerprint density at radius 2 is 1.41 bits per heavy atom. The van der Waals surface area contributed by atoms with Crippen LogP contribution >= 0.6 is 17.6 Å². The van der Waals surface area contributed by atoms with Gasteiger partial charge in [-0.15, -0.1) is 0 Å². The zero-order chi connectivity index (χ0) is 23.5. The molecule has 0 fully saturated rings. The van der Waals surface area contributed by atoms with Crippen LogP contribution in [0.2, 0.25) is 5.02 Å². The quantitative estimate of drug-likeness (QED) is 0.216. The minimum absolute atomic E-state index is 0.748. The van der Waals surface area contributed by atoms with Crippen molar-refractivity contribution in [3.63, 3.8) is 0 Å². The highest BCUT2D eigenvalue weighted by Crippen LogP contribution is 2.42. The number of allylic oxidation sites excluding steroid dienone is 1. The third kappa shape index (κ3) is 4.16. The SMILES string of the molecule is Cc1c(P(=S)(c2ccccc2)c2ccccc2)[n+]2ccccc2n1C/C=C/c1ccc(Cl)cc1. The summed E-state index contributed by atoms with van der Waals surface area (Å²) >= 11 is 12.7. The monoisotopic (exact) mass is 499 g/mol. The fraction of sp³-hybridized carbons (Fsp3) is 0.0690. The van der Waals surface area contributed by atoms with E-state index in [9.17, 15) is 0 Å². The summed E-state index contributed by atoms with van der Waals surface area (Å²) in [5.41, 5.74) is 4.67. The van der Waals surface area contributed by atoms with E-state index in [1.165, 1.54) is 21.7 Å². The molecule has 0 aliphatic heterocycles. The first kappa shape index (κ1) is 22.8. The van der Waals surface area contributed by atoms with Crippen LogP contribution in [-0.2, 0) is 18.4 Å². The van der Waals surface area contributed by atoms with Crippen molar-refractivity contribution in [1.82, 2.24) is 4.57 Å². The highest BCUT2D eigenvalue weighted by Gasteiger charge is 2.36. The Kier molecular flexibility index (Phi) is 6.52. The van der Waals surface area contributed by atoms with Crippen molar-refractivity contribution in [2.24, 2.45) is 0 Å². The molecule has 34 heavy (non-hydrogen) atoms. The molecule has 0 spiro atoms. The van der Waals surface area contributed by atoms with Gasteiger partial charge in [-0.05, 0) is 40.4 Å².